The molecule has 4 heteroatoms. The van der Waals surface area contributed by atoms with E-state index in [0.29, 0.717) is 0 Å². The van der Waals surface area contributed by atoms with Gasteiger partial charge in [-0.25, -0.2) is 0 Å². The van der Waals surface area contributed by atoms with Gasteiger partial charge in [0.25, 0.3) is 0 Å². The largest absolute Gasteiger partial charge is 0.325 e. The first-order valence-electron chi connectivity index (χ1n) is 6.86. The second kappa shape index (κ2) is 6.06. The Morgan fingerprint density at radius 1 is 1.53 bits per heavy atom. The smallest absolute Gasteiger partial charge is 0.231 e. The van der Waals surface area contributed by atoms with Crippen LogP contribution in [0.4, 0.5) is 5.69 Å². The van der Waals surface area contributed by atoms with Crippen LogP contribution in [-0.4, -0.2) is 19.0 Å². The molecule has 1 amide bonds. The third-order valence-corrected chi connectivity index (χ3v) is 4.38. The fourth-order valence-corrected chi connectivity index (χ4v) is 3.24. The van der Waals surface area contributed by atoms with E-state index in [1.54, 1.807) is 0 Å². The van der Waals surface area contributed by atoms with Gasteiger partial charge in [-0.3, -0.25) is 4.79 Å². The molecule has 3 nitrogen and oxygen atoms in total. The average Bonchev–Trinajstić information content (AvgIpc) is 2.83. The van der Waals surface area contributed by atoms with Crippen LogP contribution >= 0.6 is 15.9 Å². The predicted octanol–water partition coefficient (Wildman–Crippen LogP) is 3.48. The molecular weight excluding hydrogens is 304 g/mol. The Morgan fingerprint density at radius 3 is 2.89 bits per heavy atom. The van der Waals surface area contributed by atoms with Crippen LogP contribution in [0, 0.1) is 12.3 Å². The molecule has 1 fully saturated rings. The van der Waals surface area contributed by atoms with Gasteiger partial charge in [-0.2, -0.15) is 0 Å². The Balaban J connectivity index is 2.15. The van der Waals surface area contributed by atoms with Crippen LogP contribution in [0.5, 0.6) is 0 Å². The van der Waals surface area contributed by atoms with Gasteiger partial charge in [-0.15, -0.1) is 0 Å². The van der Waals surface area contributed by atoms with Crippen molar-refractivity contribution in [3.63, 3.8) is 0 Å². The van der Waals surface area contributed by atoms with Crippen LogP contribution in [0.2, 0.25) is 0 Å². The zero-order chi connectivity index (χ0) is 13.9. The molecule has 1 unspecified atom stereocenters. The minimum Gasteiger partial charge on any atom is -0.325 e. The van der Waals surface area contributed by atoms with E-state index in [1.165, 1.54) is 0 Å². The molecule has 1 aromatic rings. The second-order valence-electron chi connectivity index (χ2n) is 5.37. The van der Waals surface area contributed by atoms with Gasteiger partial charge in [-0.1, -0.05) is 29.3 Å². The minimum atomic E-state index is -0.228. The molecule has 104 valence electrons. The summed E-state index contributed by atoms with van der Waals surface area (Å²) in [5.74, 6) is 0.157. The van der Waals surface area contributed by atoms with Gasteiger partial charge in [0.15, 0.2) is 0 Å². The van der Waals surface area contributed by atoms with Gasteiger partial charge >= 0.3 is 0 Å². The summed E-state index contributed by atoms with van der Waals surface area (Å²) >= 11 is 3.44. The van der Waals surface area contributed by atoms with Crippen molar-refractivity contribution < 1.29 is 4.79 Å². The summed E-state index contributed by atoms with van der Waals surface area (Å²) in [5, 5.41) is 6.43. The summed E-state index contributed by atoms with van der Waals surface area (Å²) in [5.41, 5.74) is 1.77. The molecule has 0 saturated carbocycles. The van der Waals surface area contributed by atoms with E-state index < -0.39 is 0 Å². The van der Waals surface area contributed by atoms with Crippen LogP contribution < -0.4 is 10.6 Å². The van der Waals surface area contributed by atoms with E-state index in [0.717, 1.165) is 48.1 Å². The maximum Gasteiger partial charge on any atom is 0.231 e. The van der Waals surface area contributed by atoms with E-state index in [1.807, 2.05) is 25.1 Å². The highest BCUT2D eigenvalue weighted by Gasteiger charge is 2.40. The number of hydrogen-bond acceptors (Lipinski definition) is 2. The lowest BCUT2D eigenvalue weighted by molar-refractivity contribution is -0.125. The number of carbonyl (C=O) groups excluding carboxylic acids is 1. The molecule has 1 saturated heterocycles. The number of hydrogen-bond donors (Lipinski definition) is 2. The Morgan fingerprint density at radius 2 is 2.32 bits per heavy atom. The molecule has 0 aliphatic carbocycles. The van der Waals surface area contributed by atoms with E-state index in [-0.39, 0.29) is 11.3 Å². The van der Waals surface area contributed by atoms with Crippen LogP contribution in [0.1, 0.15) is 31.7 Å². The molecule has 1 atom stereocenters. The van der Waals surface area contributed by atoms with Crippen LogP contribution in [0.15, 0.2) is 22.7 Å². The quantitative estimate of drug-likeness (QED) is 0.890. The molecule has 1 heterocycles. The fourth-order valence-electron chi connectivity index (χ4n) is 2.77. The Bertz CT molecular complexity index is 467. The van der Waals surface area contributed by atoms with E-state index >= 15 is 0 Å². The molecule has 0 spiro atoms. The highest BCUT2D eigenvalue weighted by atomic mass is 79.9. The van der Waals surface area contributed by atoms with E-state index in [4.69, 9.17) is 0 Å². The molecular formula is C15H21BrN2O. The highest BCUT2D eigenvalue weighted by Crippen LogP contribution is 2.33. The highest BCUT2D eigenvalue weighted by molar-refractivity contribution is 9.10. The number of amides is 1. The summed E-state index contributed by atoms with van der Waals surface area (Å²) in [6.45, 7) is 5.88. The molecule has 0 radical (unpaired) electrons. The summed E-state index contributed by atoms with van der Waals surface area (Å²) in [6.07, 6.45) is 2.91. The number of aryl methyl sites for hydroxylation is 1. The molecule has 1 aromatic carbocycles. The van der Waals surface area contributed by atoms with Crippen LogP contribution in [0.25, 0.3) is 0 Å². The molecule has 0 bridgehead atoms. The SMILES string of the molecule is CCCC1(C(=O)Nc2ccc(Br)cc2C)CCNC1. The number of rotatable bonds is 4. The van der Waals surface area contributed by atoms with Gasteiger partial charge in [0.2, 0.25) is 5.91 Å². The van der Waals surface area contributed by atoms with Crippen molar-refractivity contribution in [2.45, 2.75) is 33.1 Å². The number of carbonyl (C=O) groups is 1. The van der Waals surface area contributed by atoms with Crippen molar-refractivity contribution in [3.05, 3.63) is 28.2 Å². The molecule has 19 heavy (non-hydrogen) atoms. The lowest BCUT2D eigenvalue weighted by Gasteiger charge is -2.26. The Hall–Kier alpha value is -0.870. The first-order chi connectivity index (χ1) is 9.07. The van der Waals surface area contributed by atoms with Crippen molar-refractivity contribution in [3.8, 4) is 0 Å². The Kier molecular flexibility index (Phi) is 4.63. The maximum absolute atomic E-state index is 12.6. The summed E-state index contributed by atoms with van der Waals surface area (Å²) in [7, 11) is 0. The lowest BCUT2D eigenvalue weighted by atomic mass is 9.81. The number of halogens is 1. The Labute approximate surface area is 123 Å². The van der Waals surface area contributed by atoms with Gasteiger partial charge in [0.05, 0.1) is 5.41 Å². The monoisotopic (exact) mass is 324 g/mol. The number of benzene rings is 1. The standard InChI is InChI=1S/C15H21BrN2O/c1-3-6-15(7-8-17-10-15)14(19)18-13-5-4-12(16)9-11(13)2/h4-5,9,17H,3,6-8,10H2,1-2H3,(H,18,19). The zero-order valence-electron chi connectivity index (χ0n) is 11.6. The average molecular weight is 325 g/mol. The first-order valence-corrected chi connectivity index (χ1v) is 7.65. The summed E-state index contributed by atoms with van der Waals surface area (Å²) < 4.78 is 1.04. The summed E-state index contributed by atoms with van der Waals surface area (Å²) in [6, 6.07) is 5.94. The van der Waals surface area contributed by atoms with Crippen molar-refractivity contribution in [1.29, 1.82) is 0 Å². The first kappa shape index (κ1) is 14.5. The van der Waals surface area contributed by atoms with Gasteiger partial charge in [0, 0.05) is 16.7 Å². The van der Waals surface area contributed by atoms with Crippen LogP contribution in [-0.2, 0) is 4.79 Å². The van der Waals surface area contributed by atoms with Crippen molar-refractivity contribution in [2.24, 2.45) is 5.41 Å². The van der Waals surface area contributed by atoms with Crippen molar-refractivity contribution in [2.75, 3.05) is 18.4 Å². The number of anilines is 1. The maximum atomic E-state index is 12.6. The van der Waals surface area contributed by atoms with Crippen LogP contribution in [0.3, 0.4) is 0 Å². The molecule has 0 aromatic heterocycles. The summed E-state index contributed by atoms with van der Waals surface area (Å²) in [4.78, 5) is 12.6. The lowest BCUT2D eigenvalue weighted by Crippen LogP contribution is -2.38. The normalized spacial score (nSPS) is 22.5. The molecule has 2 N–H and O–H groups in total. The van der Waals surface area contributed by atoms with Crippen molar-refractivity contribution >= 4 is 27.5 Å². The third kappa shape index (κ3) is 3.18. The topological polar surface area (TPSA) is 41.1 Å². The predicted molar refractivity (Wildman–Crippen MR) is 82.3 cm³/mol. The molecule has 1 aliphatic heterocycles. The van der Waals surface area contributed by atoms with Crippen molar-refractivity contribution in [1.82, 2.24) is 5.32 Å². The molecule has 2 rings (SSSR count). The van der Waals surface area contributed by atoms with Gasteiger partial charge in [0.1, 0.15) is 0 Å². The number of nitrogens with one attached hydrogen (secondary N) is 2. The third-order valence-electron chi connectivity index (χ3n) is 3.89. The van der Waals surface area contributed by atoms with Gasteiger partial charge in [-0.05, 0) is 50.1 Å². The van der Waals surface area contributed by atoms with Gasteiger partial charge < -0.3 is 10.6 Å². The zero-order valence-corrected chi connectivity index (χ0v) is 13.1. The van der Waals surface area contributed by atoms with E-state index in [2.05, 4.69) is 33.5 Å². The van der Waals surface area contributed by atoms with E-state index in [9.17, 15) is 4.79 Å². The fraction of sp³-hybridized carbons (Fsp3) is 0.533. The second-order valence-corrected chi connectivity index (χ2v) is 6.29. The molecule has 1 aliphatic rings. The minimum absolute atomic E-state index is 0.157.